The van der Waals surface area contributed by atoms with Gasteiger partial charge in [-0.25, -0.2) is 4.98 Å². The topological polar surface area (TPSA) is 49.6 Å². The lowest BCUT2D eigenvalue weighted by Crippen LogP contribution is -2.41. The molecule has 5 nitrogen and oxygen atoms in total. The number of nitrogens with zero attached hydrogens (tertiary/aromatic N) is 3. The van der Waals surface area contributed by atoms with Crippen LogP contribution in [0.2, 0.25) is 5.02 Å². The molecule has 1 spiro atoms. The van der Waals surface area contributed by atoms with Gasteiger partial charge in [-0.2, -0.15) is 0 Å². The third kappa shape index (κ3) is 3.79. The van der Waals surface area contributed by atoms with Crippen molar-refractivity contribution in [3.05, 3.63) is 52.7 Å². The molecule has 0 aliphatic carbocycles. The molecule has 1 amide bonds. The van der Waals surface area contributed by atoms with E-state index in [1.165, 1.54) is 0 Å². The number of aromatic nitrogens is 1. The molecule has 4 rings (SSSR count). The maximum absolute atomic E-state index is 12.6. The van der Waals surface area contributed by atoms with Gasteiger partial charge in [0.15, 0.2) is 5.89 Å². The quantitative estimate of drug-likeness (QED) is 0.820. The van der Waals surface area contributed by atoms with E-state index in [0.29, 0.717) is 18.9 Å². The van der Waals surface area contributed by atoms with Crippen LogP contribution in [0.3, 0.4) is 0 Å². The number of likely N-dealkylation sites (tertiary alicyclic amines) is 2. The molecule has 0 saturated carbocycles. The van der Waals surface area contributed by atoms with E-state index in [1.54, 1.807) is 6.26 Å². The molecule has 0 bridgehead atoms. The summed E-state index contributed by atoms with van der Waals surface area (Å²) in [5, 5.41) is 0.729. The van der Waals surface area contributed by atoms with Gasteiger partial charge >= 0.3 is 0 Å². The third-order valence-corrected chi connectivity index (χ3v) is 5.91. The van der Waals surface area contributed by atoms with E-state index in [-0.39, 0.29) is 11.3 Å². The SMILES string of the molecule is Cc1nc(CN2CCC3(CC2)CC(=O)N(Cc2ccc(Cl)cc2)C3)co1. The Hall–Kier alpha value is -1.85. The summed E-state index contributed by atoms with van der Waals surface area (Å²) < 4.78 is 5.29. The van der Waals surface area contributed by atoms with Gasteiger partial charge in [0.2, 0.25) is 5.91 Å². The van der Waals surface area contributed by atoms with Gasteiger partial charge in [0.1, 0.15) is 6.26 Å². The minimum atomic E-state index is 0.139. The summed E-state index contributed by atoms with van der Waals surface area (Å²) in [4.78, 5) is 21.4. The zero-order valence-electron chi connectivity index (χ0n) is 15.1. The summed E-state index contributed by atoms with van der Waals surface area (Å²) >= 11 is 5.95. The standard InChI is InChI=1S/C20H24ClN3O2/c1-15-22-18(13-26-15)12-23-8-6-20(7-9-23)10-19(25)24(14-20)11-16-2-4-17(21)5-3-16/h2-5,13H,6-12,14H2,1H3. The Morgan fingerprint density at radius 1 is 1.19 bits per heavy atom. The summed E-state index contributed by atoms with van der Waals surface area (Å²) in [5.74, 6) is 0.994. The van der Waals surface area contributed by atoms with Crippen LogP contribution in [0.15, 0.2) is 34.9 Å². The molecule has 6 heteroatoms. The maximum Gasteiger partial charge on any atom is 0.223 e. The normalized spacial score (nSPS) is 20.2. The highest BCUT2D eigenvalue weighted by molar-refractivity contribution is 6.30. The minimum Gasteiger partial charge on any atom is -0.449 e. The number of hydrogen-bond acceptors (Lipinski definition) is 4. The Balaban J connectivity index is 1.34. The van der Waals surface area contributed by atoms with Crippen LogP contribution in [0, 0.1) is 12.3 Å². The highest BCUT2D eigenvalue weighted by Crippen LogP contribution is 2.41. The number of aryl methyl sites for hydroxylation is 1. The molecule has 26 heavy (non-hydrogen) atoms. The largest absolute Gasteiger partial charge is 0.449 e. The van der Waals surface area contributed by atoms with Crippen LogP contribution in [0.1, 0.15) is 36.4 Å². The van der Waals surface area contributed by atoms with Crippen molar-refractivity contribution in [2.75, 3.05) is 19.6 Å². The van der Waals surface area contributed by atoms with Gasteiger partial charge in [-0.1, -0.05) is 23.7 Å². The molecule has 0 unspecified atom stereocenters. The lowest BCUT2D eigenvalue weighted by molar-refractivity contribution is -0.128. The van der Waals surface area contributed by atoms with E-state index in [9.17, 15) is 4.79 Å². The van der Waals surface area contributed by atoms with E-state index in [2.05, 4.69) is 9.88 Å². The Bertz CT molecular complexity index is 779. The van der Waals surface area contributed by atoms with Crippen LogP contribution >= 0.6 is 11.6 Å². The van der Waals surface area contributed by atoms with Gasteiger partial charge < -0.3 is 9.32 Å². The van der Waals surface area contributed by atoms with Crippen molar-refractivity contribution >= 4 is 17.5 Å². The number of halogens is 1. The Morgan fingerprint density at radius 2 is 1.92 bits per heavy atom. The van der Waals surface area contributed by atoms with Crippen LogP contribution in [-0.4, -0.2) is 40.3 Å². The first-order valence-corrected chi connectivity index (χ1v) is 9.55. The highest BCUT2D eigenvalue weighted by Gasteiger charge is 2.44. The van der Waals surface area contributed by atoms with Crippen LogP contribution in [0.4, 0.5) is 0 Å². The smallest absolute Gasteiger partial charge is 0.223 e. The molecule has 0 atom stereocenters. The summed E-state index contributed by atoms with van der Waals surface area (Å²) in [6.07, 6.45) is 4.55. The number of hydrogen-bond donors (Lipinski definition) is 0. The van der Waals surface area contributed by atoms with Gasteiger partial charge in [-0.05, 0) is 49.0 Å². The average molecular weight is 374 g/mol. The van der Waals surface area contributed by atoms with Crippen molar-refractivity contribution in [2.24, 2.45) is 5.41 Å². The zero-order chi connectivity index (χ0) is 18.1. The number of benzene rings is 1. The fourth-order valence-corrected chi connectivity index (χ4v) is 4.29. The van der Waals surface area contributed by atoms with Gasteiger partial charge in [-0.15, -0.1) is 0 Å². The van der Waals surface area contributed by atoms with Gasteiger partial charge in [0.25, 0.3) is 0 Å². The number of oxazole rings is 1. The number of piperidine rings is 1. The second kappa shape index (κ2) is 7.05. The van der Waals surface area contributed by atoms with Crippen molar-refractivity contribution in [3.8, 4) is 0 Å². The van der Waals surface area contributed by atoms with E-state index in [4.69, 9.17) is 16.0 Å². The number of carbonyl (C=O) groups is 1. The lowest BCUT2D eigenvalue weighted by atomic mass is 9.77. The van der Waals surface area contributed by atoms with Crippen LogP contribution in [-0.2, 0) is 17.9 Å². The minimum absolute atomic E-state index is 0.139. The fourth-order valence-electron chi connectivity index (χ4n) is 4.17. The van der Waals surface area contributed by atoms with Crippen molar-refractivity contribution in [1.29, 1.82) is 0 Å². The first kappa shape index (κ1) is 17.6. The molecule has 1 aromatic carbocycles. The molecule has 2 saturated heterocycles. The molecule has 0 N–H and O–H groups in total. The Kier molecular flexibility index (Phi) is 4.76. The number of amides is 1. The van der Waals surface area contributed by atoms with Gasteiger partial charge in [0, 0.05) is 38.0 Å². The summed E-state index contributed by atoms with van der Waals surface area (Å²) in [6, 6.07) is 7.78. The van der Waals surface area contributed by atoms with Crippen molar-refractivity contribution < 1.29 is 9.21 Å². The third-order valence-electron chi connectivity index (χ3n) is 5.66. The second-order valence-corrected chi connectivity index (χ2v) is 8.12. The average Bonchev–Trinajstić information content (AvgIpc) is 3.16. The first-order chi connectivity index (χ1) is 12.5. The number of carbonyl (C=O) groups excluding carboxylic acids is 1. The molecular weight excluding hydrogens is 350 g/mol. The first-order valence-electron chi connectivity index (χ1n) is 9.17. The molecule has 2 fully saturated rings. The summed E-state index contributed by atoms with van der Waals surface area (Å²) in [6.45, 7) is 6.26. The van der Waals surface area contributed by atoms with Crippen molar-refractivity contribution in [2.45, 2.75) is 39.3 Å². The van der Waals surface area contributed by atoms with Crippen LogP contribution < -0.4 is 0 Å². The van der Waals surface area contributed by atoms with E-state index >= 15 is 0 Å². The molecule has 138 valence electrons. The Morgan fingerprint density at radius 3 is 2.58 bits per heavy atom. The monoisotopic (exact) mass is 373 g/mol. The number of rotatable bonds is 4. The second-order valence-electron chi connectivity index (χ2n) is 7.69. The maximum atomic E-state index is 12.6. The predicted octanol–water partition coefficient (Wildman–Crippen LogP) is 3.65. The molecule has 2 aliphatic rings. The molecule has 0 radical (unpaired) electrons. The van der Waals surface area contributed by atoms with Crippen molar-refractivity contribution in [3.63, 3.8) is 0 Å². The fraction of sp³-hybridized carbons (Fsp3) is 0.500. The van der Waals surface area contributed by atoms with E-state index in [1.807, 2.05) is 36.1 Å². The van der Waals surface area contributed by atoms with Crippen molar-refractivity contribution in [1.82, 2.24) is 14.8 Å². The van der Waals surface area contributed by atoms with Crippen LogP contribution in [0.5, 0.6) is 0 Å². The highest BCUT2D eigenvalue weighted by atomic mass is 35.5. The summed E-state index contributed by atoms with van der Waals surface area (Å²) in [7, 11) is 0. The molecular formula is C20H24ClN3O2. The predicted molar refractivity (Wildman–Crippen MR) is 99.7 cm³/mol. The molecule has 2 aromatic rings. The lowest BCUT2D eigenvalue weighted by Gasteiger charge is -2.38. The Labute approximate surface area is 158 Å². The molecule has 2 aliphatic heterocycles. The van der Waals surface area contributed by atoms with Gasteiger partial charge in [-0.3, -0.25) is 9.69 Å². The zero-order valence-corrected chi connectivity index (χ0v) is 15.8. The van der Waals surface area contributed by atoms with Crippen LogP contribution in [0.25, 0.3) is 0 Å². The van der Waals surface area contributed by atoms with E-state index in [0.717, 1.165) is 55.3 Å². The van der Waals surface area contributed by atoms with Gasteiger partial charge in [0.05, 0.1) is 5.69 Å². The molecule has 1 aromatic heterocycles. The molecule has 3 heterocycles. The van der Waals surface area contributed by atoms with E-state index < -0.39 is 0 Å². The summed E-state index contributed by atoms with van der Waals surface area (Å²) in [5.41, 5.74) is 2.27.